The van der Waals surface area contributed by atoms with Crippen LogP contribution in [0, 0.1) is 5.92 Å². The van der Waals surface area contributed by atoms with Crippen LogP contribution in [0.15, 0.2) is 0 Å². The smallest absolute Gasteiger partial charge is 0 e. The molecule has 0 unspecified atom stereocenters. The maximum atomic E-state index is 4.28. The topological polar surface area (TPSA) is 14.1 Å². The first-order chi connectivity index (χ1) is 3.93. The third kappa shape index (κ3) is 2.13. The first-order valence-electron chi connectivity index (χ1n) is 3.56. The van der Waals surface area contributed by atoms with Gasteiger partial charge in [-0.3, -0.25) is 0 Å². The van der Waals surface area contributed by atoms with Crippen molar-refractivity contribution < 1.29 is 0 Å². The fourth-order valence-corrected chi connectivity index (χ4v) is 1.21. The van der Waals surface area contributed by atoms with Crippen LogP contribution < -0.4 is 0 Å². The molecular weight excluding hydrogens is 365 g/mol. The molecule has 0 aliphatic carbocycles. The van der Waals surface area contributed by atoms with Crippen molar-refractivity contribution in [3.8, 4) is 0 Å². The van der Waals surface area contributed by atoms with Gasteiger partial charge < -0.3 is 5.32 Å². The monoisotopic (exact) mass is 379 g/mol. The first-order valence-corrected chi connectivity index (χ1v) is 3.56. The molecule has 0 aromatic carbocycles. The standard InChI is InChI=1S/C7H14N.Rf/c1-2-7-3-5-8-6-4-7;/h7H,2-6H2,1H3;/q-1;. The number of piperidine rings is 1. The Morgan fingerprint density at radius 2 is 1.89 bits per heavy atom. The van der Waals surface area contributed by atoms with Crippen LogP contribution in [0.4, 0.5) is 0 Å². The molecule has 2 heteroatoms. The first kappa shape index (κ1) is 7.96. The van der Waals surface area contributed by atoms with E-state index in [9.17, 15) is 0 Å². The second-order valence-corrected chi connectivity index (χ2v) is 2.52. The average molecular weight is 379 g/mol. The molecule has 1 rings (SSSR count). The summed E-state index contributed by atoms with van der Waals surface area (Å²) in [4.78, 5) is 0. The van der Waals surface area contributed by atoms with Crippen LogP contribution in [0.5, 0.6) is 0 Å². The molecule has 1 aliphatic rings. The van der Waals surface area contributed by atoms with Gasteiger partial charge >= 0.3 is 0 Å². The minimum atomic E-state index is 0. The van der Waals surface area contributed by atoms with E-state index in [0.717, 1.165) is 19.0 Å². The number of hydrogen-bond acceptors (Lipinski definition) is 0. The van der Waals surface area contributed by atoms with Crippen molar-refractivity contribution in [2.45, 2.75) is 26.2 Å². The number of hydrogen-bond donors (Lipinski definition) is 0. The third-order valence-corrected chi connectivity index (χ3v) is 1.97. The number of nitrogens with zero attached hydrogens (tertiary/aromatic N) is 1. The normalized spacial score (nSPS) is 21.0. The predicted molar refractivity (Wildman–Crippen MR) is 36.1 cm³/mol. The van der Waals surface area contributed by atoms with Gasteiger partial charge in [0.2, 0.25) is 0 Å². The molecule has 1 fully saturated rings. The van der Waals surface area contributed by atoms with Crippen LogP contribution in [0.1, 0.15) is 26.2 Å². The van der Waals surface area contributed by atoms with E-state index in [1.165, 1.54) is 19.3 Å². The Morgan fingerprint density at radius 1 is 1.33 bits per heavy atom. The molecular formula is C7H14NRf-. The fourth-order valence-electron chi connectivity index (χ4n) is 1.21. The van der Waals surface area contributed by atoms with Crippen LogP contribution in [-0.2, 0) is 0 Å². The molecule has 1 saturated heterocycles. The Labute approximate surface area is 51.5 Å². The van der Waals surface area contributed by atoms with Crippen LogP contribution in [-0.4, -0.2) is 13.1 Å². The van der Waals surface area contributed by atoms with Crippen molar-refractivity contribution >= 4 is 0 Å². The molecule has 0 atom stereocenters. The fraction of sp³-hybridized carbons (Fsp3) is 1.00. The van der Waals surface area contributed by atoms with Gasteiger partial charge in [0.05, 0.1) is 0 Å². The Bertz CT molecular complexity index is 59.9. The van der Waals surface area contributed by atoms with Gasteiger partial charge in [-0.15, -0.1) is 13.1 Å². The summed E-state index contributed by atoms with van der Waals surface area (Å²) in [5.74, 6) is 0.993. The molecule has 50 valence electrons. The molecule has 0 radical (unpaired) electrons. The van der Waals surface area contributed by atoms with Gasteiger partial charge in [-0.2, -0.15) is 0 Å². The second kappa shape index (κ2) is 3.90. The van der Waals surface area contributed by atoms with Crippen molar-refractivity contribution in [2.24, 2.45) is 5.92 Å². The van der Waals surface area contributed by atoms with Gasteiger partial charge in [-0.25, -0.2) is 0 Å². The van der Waals surface area contributed by atoms with Crippen LogP contribution >= 0.6 is 0 Å². The van der Waals surface area contributed by atoms with Gasteiger partial charge in [0, 0.05) is 0 Å². The molecule has 0 aromatic heterocycles. The quantitative estimate of drug-likeness (QED) is 0.663. The van der Waals surface area contributed by atoms with Crippen LogP contribution in [0.3, 0.4) is 0 Å². The second-order valence-electron chi connectivity index (χ2n) is 2.52. The van der Waals surface area contributed by atoms with Gasteiger partial charge in [0.15, 0.2) is 0 Å². The molecule has 0 saturated carbocycles. The van der Waals surface area contributed by atoms with Crippen molar-refractivity contribution in [2.75, 3.05) is 13.1 Å². The summed E-state index contributed by atoms with van der Waals surface area (Å²) in [5, 5.41) is 4.28. The zero-order valence-electron chi connectivity index (χ0n) is 6.27. The molecule has 0 amide bonds. The molecule has 0 N–H and O–H groups in total. The van der Waals surface area contributed by atoms with Crippen LogP contribution in [0.2, 0.25) is 0 Å². The maximum absolute atomic E-state index is 4.28. The van der Waals surface area contributed by atoms with Gasteiger partial charge in [-0.1, -0.05) is 26.2 Å². The summed E-state index contributed by atoms with van der Waals surface area (Å²) in [6.07, 6.45) is 4.04. The van der Waals surface area contributed by atoms with Crippen molar-refractivity contribution in [1.29, 1.82) is 0 Å². The predicted octanol–water partition coefficient (Wildman–Crippen LogP) is 2.18. The Morgan fingerprint density at radius 3 is 2.22 bits per heavy atom. The van der Waals surface area contributed by atoms with Crippen molar-refractivity contribution in [3.05, 3.63) is 5.32 Å². The molecule has 0 bridgehead atoms. The summed E-state index contributed by atoms with van der Waals surface area (Å²) >= 11 is 0. The van der Waals surface area contributed by atoms with E-state index >= 15 is 0 Å². The Hall–Kier alpha value is -1.04. The summed E-state index contributed by atoms with van der Waals surface area (Å²) in [6.45, 7) is 4.52. The van der Waals surface area contributed by atoms with E-state index in [-0.39, 0.29) is 0 Å². The summed E-state index contributed by atoms with van der Waals surface area (Å²) in [7, 11) is 0. The zero-order valence-corrected chi connectivity index (χ0v) is 12.7. The Kier molecular flexibility index (Phi) is 3.45. The summed E-state index contributed by atoms with van der Waals surface area (Å²) in [6, 6.07) is 0. The largest absolute Gasteiger partial charge is 0.662 e. The summed E-state index contributed by atoms with van der Waals surface area (Å²) < 4.78 is 0. The van der Waals surface area contributed by atoms with E-state index in [1.54, 1.807) is 0 Å². The van der Waals surface area contributed by atoms with E-state index in [2.05, 4.69) is 12.2 Å². The molecule has 1 heterocycles. The summed E-state index contributed by atoms with van der Waals surface area (Å²) in [5.41, 5.74) is 0. The van der Waals surface area contributed by atoms with Gasteiger partial charge in [0.25, 0.3) is 0 Å². The van der Waals surface area contributed by atoms with Crippen molar-refractivity contribution in [1.82, 2.24) is 0 Å². The van der Waals surface area contributed by atoms with Crippen molar-refractivity contribution in [3.63, 3.8) is 0 Å². The average Bonchev–Trinajstić information content (AvgIpc) is 1.90. The molecule has 1 aliphatic heterocycles. The SMILES string of the molecule is CCC1CC[N-]CC1.[Rf]. The van der Waals surface area contributed by atoms with Gasteiger partial charge in [-0.05, 0) is 5.92 Å². The maximum Gasteiger partial charge on any atom is 0 e. The van der Waals surface area contributed by atoms with E-state index in [1.807, 2.05) is 0 Å². The molecule has 9 heavy (non-hydrogen) atoms. The van der Waals surface area contributed by atoms with Crippen LogP contribution in [0.25, 0.3) is 5.32 Å². The van der Waals surface area contributed by atoms with E-state index in [0.29, 0.717) is 0 Å². The minimum Gasteiger partial charge on any atom is -0.662 e. The molecule has 1 nitrogen and oxygen atoms in total. The molecule has 0 spiro atoms. The number of rotatable bonds is 1. The Balaban J connectivity index is 0.000000640. The zero-order chi connectivity index (χ0) is 5.82. The van der Waals surface area contributed by atoms with E-state index < -0.39 is 0 Å². The van der Waals surface area contributed by atoms with Gasteiger partial charge in [0.1, 0.15) is 0 Å². The minimum absolute atomic E-state index is 0. The van der Waals surface area contributed by atoms with E-state index in [4.69, 9.17) is 0 Å². The molecule has 0 aromatic rings. The third-order valence-electron chi connectivity index (χ3n) is 1.97.